The number of nitrogens with zero attached hydrogens (tertiary/aromatic N) is 3. The first-order chi connectivity index (χ1) is 9.17. The molecule has 0 unspecified atom stereocenters. The van der Waals surface area contributed by atoms with Gasteiger partial charge in [-0.1, -0.05) is 11.6 Å². The highest BCUT2D eigenvalue weighted by molar-refractivity contribution is 5.63. The molecule has 5 heteroatoms. The number of halogens is 1. The van der Waals surface area contributed by atoms with E-state index in [1.54, 1.807) is 42.2 Å². The molecule has 0 saturated carbocycles. The number of hydrogen-bond donors (Lipinski definition) is 0. The summed E-state index contributed by atoms with van der Waals surface area (Å²) < 4.78 is 20.6. The van der Waals surface area contributed by atoms with Crippen molar-refractivity contribution in [1.82, 2.24) is 14.4 Å². The molecule has 2 heterocycles. The van der Waals surface area contributed by atoms with Crippen LogP contribution in [0.15, 0.2) is 36.8 Å². The molecule has 19 heavy (non-hydrogen) atoms. The second kappa shape index (κ2) is 4.35. The minimum atomic E-state index is -0.291. The van der Waals surface area contributed by atoms with E-state index in [1.807, 2.05) is 6.92 Å². The summed E-state index contributed by atoms with van der Waals surface area (Å²) in [5.74, 6) is 0.846. The van der Waals surface area contributed by atoms with Crippen LogP contribution in [0, 0.1) is 12.7 Å². The zero-order valence-electron chi connectivity index (χ0n) is 10.6. The van der Waals surface area contributed by atoms with Crippen LogP contribution in [-0.4, -0.2) is 21.5 Å². The molecule has 0 saturated heterocycles. The Morgan fingerprint density at radius 2 is 2.11 bits per heavy atom. The van der Waals surface area contributed by atoms with E-state index in [0.717, 1.165) is 5.56 Å². The molecule has 3 rings (SSSR count). The van der Waals surface area contributed by atoms with Crippen molar-refractivity contribution in [2.45, 2.75) is 6.92 Å². The summed E-state index contributed by atoms with van der Waals surface area (Å²) >= 11 is 0. The molecule has 0 aliphatic rings. The minimum absolute atomic E-state index is 0.291. The Bertz CT molecular complexity index is 752. The monoisotopic (exact) mass is 257 g/mol. The predicted molar refractivity (Wildman–Crippen MR) is 69.7 cm³/mol. The lowest BCUT2D eigenvalue weighted by molar-refractivity contribution is 0.410. The maximum atomic E-state index is 13.8. The van der Waals surface area contributed by atoms with Crippen molar-refractivity contribution in [2.75, 3.05) is 7.11 Å². The third-order valence-electron chi connectivity index (χ3n) is 2.92. The Kier molecular flexibility index (Phi) is 2.67. The van der Waals surface area contributed by atoms with Crippen LogP contribution in [0.1, 0.15) is 5.56 Å². The van der Waals surface area contributed by atoms with Gasteiger partial charge in [0, 0.05) is 11.8 Å². The molecule has 0 bridgehead atoms. The molecule has 0 radical (unpaired) electrons. The van der Waals surface area contributed by atoms with Crippen molar-refractivity contribution >= 4 is 5.78 Å². The zero-order chi connectivity index (χ0) is 13.4. The van der Waals surface area contributed by atoms with Gasteiger partial charge < -0.3 is 4.74 Å². The van der Waals surface area contributed by atoms with Crippen molar-refractivity contribution in [1.29, 1.82) is 0 Å². The molecule has 3 aromatic rings. The number of hydrogen-bond acceptors (Lipinski definition) is 3. The molecule has 96 valence electrons. The fourth-order valence-electron chi connectivity index (χ4n) is 1.94. The molecule has 0 aliphatic heterocycles. The van der Waals surface area contributed by atoms with Gasteiger partial charge in [-0.25, -0.2) is 14.4 Å². The fourth-order valence-corrected chi connectivity index (χ4v) is 1.94. The molecule has 4 nitrogen and oxygen atoms in total. The minimum Gasteiger partial charge on any atom is -0.494 e. The first kappa shape index (κ1) is 11.6. The average molecular weight is 257 g/mol. The van der Waals surface area contributed by atoms with Crippen LogP contribution in [0.3, 0.4) is 0 Å². The molecule has 0 fully saturated rings. The Morgan fingerprint density at radius 3 is 2.89 bits per heavy atom. The third-order valence-corrected chi connectivity index (χ3v) is 2.92. The number of imidazole rings is 1. The molecular formula is C14H12FN3O. The lowest BCUT2D eigenvalue weighted by atomic mass is 10.1. The van der Waals surface area contributed by atoms with Gasteiger partial charge in [0.25, 0.3) is 0 Å². The lowest BCUT2D eigenvalue weighted by Crippen LogP contribution is -1.90. The van der Waals surface area contributed by atoms with Crippen LogP contribution in [0.4, 0.5) is 4.39 Å². The molecule has 2 aromatic heterocycles. The molecule has 0 aliphatic carbocycles. The van der Waals surface area contributed by atoms with Crippen molar-refractivity contribution in [3.63, 3.8) is 0 Å². The average Bonchev–Trinajstić information content (AvgIpc) is 2.83. The van der Waals surface area contributed by atoms with E-state index in [2.05, 4.69) is 9.97 Å². The highest BCUT2D eigenvalue weighted by Gasteiger charge is 2.10. The highest BCUT2D eigenvalue weighted by atomic mass is 19.1. The Hall–Kier alpha value is -2.43. The number of ether oxygens (including phenoxy) is 1. The van der Waals surface area contributed by atoms with E-state index < -0.39 is 0 Å². The molecule has 0 atom stereocenters. The number of aromatic nitrogens is 3. The third kappa shape index (κ3) is 2.03. The maximum absolute atomic E-state index is 13.8. The second-order valence-electron chi connectivity index (χ2n) is 4.31. The van der Waals surface area contributed by atoms with Gasteiger partial charge in [-0.3, -0.25) is 4.40 Å². The molecule has 0 spiro atoms. The molecule has 0 N–H and O–H groups in total. The summed E-state index contributed by atoms with van der Waals surface area (Å²) in [5.41, 5.74) is 2.02. The maximum Gasteiger partial charge on any atom is 0.234 e. The number of aryl methyl sites for hydroxylation is 1. The van der Waals surface area contributed by atoms with Gasteiger partial charge in [-0.15, -0.1) is 0 Å². The van der Waals surface area contributed by atoms with E-state index in [0.29, 0.717) is 22.8 Å². The van der Waals surface area contributed by atoms with E-state index in [9.17, 15) is 4.39 Å². The SMILES string of the molecule is COc1cnc2nc(-c3cc(C)ccc3F)cn2c1. The lowest BCUT2D eigenvalue weighted by Gasteiger charge is -2.00. The van der Waals surface area contributed by atoms with Crippen LogP contribution in [0.5, 0.6) is 5.75 Å². The Balaban J connectivity index is 2.17. The first-order valence-electron chi connectivity index (χ1n) is 5.82. The van der Waals surface area contributed by atoms with Crippen LogP contribution in [-0.2, 0) is 0 Å². The van der Waals surface area contributed by atoms with E-state index >= 15 is 0 Å². The fraction of sp³-hybridized carbons (Fsp3) is 0.143. The smallest absolute Gasteiger partial charge is 0.234 e. The van der Waals surface area contributed by atoms with Crippen molar-refractivity contribution < 1.29 is 9.13 Å². The van der Waals surface area contributed by atoms with E-state index in [4.69, 9.17) is 4.74 Å². The largest absolute Gasteiger partial charge is 0.494 e. The van der Waals surface area contributed by atoms with Gasteiger partial charge in [0.05, 0.1) is 25.2 Å². The zero-order valence-corrected chi connectivity index (χ0v) is 10.6. The highest BCUT2D eigenvalue weighted by Crippen LogP contribution is 2.23. The van der Waals surface area contributed by atoms with Crippen molar-refractivity contribution in [2.24, 2.45) is 0 Å². The summed E-state index contributed by atoms with van der Waals surface area (Å²) in [7, 11) is 1.57. The van der Waals surface area contributed by atoms with Crippen LogP contribution in [0.2, 0.25) is 0 Å². The van der Waals surface area contributed by atoms with E-state index in [1.165, 1.54) is 6.07 Å². The van der Waals surface area contributed by atoms with Gasteiger partial charge in [0.15, 0.2) is 5.75 Å². The van der Waals surface area contributed by atoms with Crippen LogP contribution >= 0.6 is 0 Å². The molecular weight excluding hydrogens is 245 g/mol. The Morgan fingerprint density at radius 1 is 1.26 bits per heavy atom. The van der Waals surface area contributed by atoms with Crippen molar-refractivity contribution in [3.8, 4) is 17.0 Å². The van der Waals surface area contributed by atoms with Crippen molar-refractivity contribution in [3.05, 3.63) is 48.2 Å². The first-order valence-corrected chi connectivity index (χ1v) is 5.82. The van der Waals surface area contributed by atoms with Gasteiger partial charge in [0.2, 0.25) is 5.78 Å². The van der Waals surface area contributed by atoms with Gasteiger partial charge in [-0.2, -0.15) is 0 Å². The number of benzene rings is 1. The van der Waals surface area contributed by atoms with Gasteiger partial charge in [0.1, 0.15) is 5.82 Å². The number of rotatable bonds is 2. The van der Waals surface area contributed by atoms with Crippen LogP contribution in [0.25, 0.3) is 17.0 Å². The summed E-state index contributed by atoms with van der Waals surface area (Å²) in [6.45, 7) is 1.92. The quantitative estimate of drug-likeness (QED) is 0.708. The molecule has 0 amide bonds. The summed E-state index contributed by atoms with van der Waals surface area (Å²) in [4.78, 5) is 8.47. The number of fused-ring (bicyclic) bond motifs is 1. The standard InChI is InChI=1S/C14H12FN3O/c1-9-3-4-12(15)11(5-9)13-8-18-7-10(19-2)6-16-14(18)17-13/h3-8H,1-2H3. The summed E-state index contributed by atoms with van der Waals surface area (Å²) in [6.07, 6.45) is 5.08. The Labute approximate surface area is 109 Å². The van der Waals surface area contributed by atoms with Gasteiger partial charge in [-0.05, 0) is 19.1 Å². The molecule has 1 aromatic carbocycles. The second-order valence-corrected chi connectivity index (χ2v) is 4.31. The normalized spacial score (nSPS) is 10.9. The van der Waals surface area contributed by atoms with E-state index in [-0.39, 0.29) is 5.82 Å². The van der Waals surface area contributed by atoms with Gasteiger partial charge >= 0.3 is 0 Å². The summed E-state index contributed by atoms with van der Waals surface area (Å²) in [5, 5.41) is 0. The predicted octanol–water partition coefficient (Wildman–Crippen LogP) is 2.85. The van der Waals surface area contributed by atoms with Crippen LogP contribution < -0.4 is 4.74 Å². The summed E-state index contributed by atoms with van der Waals surface area (Å²) in [6, 6.07) is 4.95. The topological polar surface area (TPSA) is 39.4 Å². The number of methoxy groups -OCH3 is 1.